The van der Waals surface area contributed by atoms with E-state index in [1.807, 2.05) is 24.3 Å². The van der Waals surface area contributed by atoms with Gasteiger partial charge in [-0.2, -0.15) is 5.10 Å². The molecule has 26 heavy (non-hydrogen) atoms. The third-order valence-corrected chi connectivity index (χ3v) is 4.57. The van der Waals surface area contributed by atoms with Gasteiger partial charge in [-0.15, -0.1) is 0 Å². The molecule has 1 aromatic heterocycles. The number of halogens is 2. The van der Waals surface area contributed by atoms with Crippen molar-refractivity contribution in [3.05, 3.63) is 69.7 Å². The summed E-state index contributed by atoms with van der Waals surface area (Å²) < 4.78 is 0. The van der Waals surface area contributed by atoms with E-state index in [2.05, 4.69) is 15.1 Å². The number of para-hydroxylation sites is 2. The molecule has 2 aromatic carbocycles. The topological polar surface area (TPSA) is 88.4 Å². The molecule has 0 atom stereocenters. The van der Waals surface area contributed by atoms with Gasteiger partial charge in [0.05, 0.1) is 22.3 Å². The number of imidazole rings is 1. The lowest BCUT2D eigenvalue weighted by Crippen LogP contribution is -2.21. The Morgan fingerprint density at radius 2 is 2.04 bits per heavy atom. The second-order valence-corrected chi connectivity index (χ2v) is 6.58. The van der Waals surface area contributed by atoms with Crippen LogP contribution >= 0.6 is 23.2 Å². The van der Waals surface area contributed by atoms with Gasteiger partial charge in [0.25, 0.3) is 0 Å². The summed E-state index contributed by atoms with van der Waals surface area (Å²) in [5.41, 5.74) is 2.61. The first-order valence-corrected chi connectivity index (χ1v) is 8.51. The van der Waals surface area contributed by atoms with Crippen LogP contribution in [0.2, 0.25) is 10.0 Å². The molecule has 0 saturated carbocycles. The Labute approximate surface area is 158 Å². The van der Waals surface area contributed by atoms with E-state index in [1.54, 1.807) is 18.2 Å². The first-order chi connectivity index (χ1) is 12.5. The number of hydrazone groups is 1. The SMILES string of the molecule is N=C1C(c2nc3ccccc3[nH]2)=C(O)CN1N=Cc1ccc(Cl)cc1Cl. The zero-order chi connectivity index (χ0) is 18.3. The fourth-order valence-corrected chi connectivity index (χ4v) is 3.18. The average molecular weight is 386 g/mol. The van der Waals surface area contributed by atoms with E-state index in [-0.39, 0.29) is 18.1 Å². The van der Waals surface area contributed by atoms with Crippen molar-refractivity contribution >= 4 is 51.9 Å². The highest BCUT2D eigenvalue weighted by molar-refractivity contribution is 6.36. The zero-order valence-corrected chi connectivity index (χ0v) is 14.9. The molecule has 0 amide bonds. The van der Waals surface area contributed by atoms with E-state index in [4.69, 9.17) is 28.6 Å². The molecule has 0 aliphatic carbocycles. The van der Waals surface area contributed by atoms with Gasteiger partial charge >= 0.3 is 0 Å². The summed E-state index contributed by atoms with van der Waals surface area (Å²) in [6.45, 7) is 0.0902. The van der Waals surface area contributed by atoms with Crippen LogP contribution in [-0.2, 0) is 0 Å². The van der Waals surface area contributed by atoms with Crippen LogP contribution in [0.5, 0.6) is 0 Å². The maximum atomic E-state index is 10.3. The normalized spacial score (nSPS) is 15.0. The van der Waals surface area contributed by atoms with E-state index in [1.165, 1.54) is 11.2 Å². The molecule has 1 aliphatic heterocycles. The average Bonchev–Trinajstić information content (AvgIpc) is 3.14. The van der Waals surface area contributed by atoms with Gasteiger partial charge < -0.3 is 10.1 Å². The lowest BCUT2D eigenvalue weighted by Gasteiger charge is -2.11. The Balaban J connectivity index is 1.61. The van der Waals surface area contributed by atoms with Crippen molar-refractivity contribution < 1.29 is 5.11 Å². The summed E-state index contributed by atoms with van der Waals surface area (Å²) in [4.78, 5) is 7.57. The molecule has 0 fully saturated rings. The Morgan fingerprint density at radius 1 is 1.23 bits per heavy atom. The molecule has 0 radical (unpaired) electrons. The first kappa shape index (κ1) is 16.6. The Morgan fingerprint density at radius 3 is 2.81 bits per heavy atom. The van der Waals surface area contributed by atoms with E-state index in [9.17, 15) is 5.11 Å². The summed E-state index contributed by atoms with van der Waals surface area (Å²) in [5, 5.41) is 25.3. The summed E-state index contributed by atoms with van der Waals surface area (Å²) in [6, 6.07) is 12.6. The number of amidine groups is 1. The number of nitrogens with one attached hydrogen (secondary N) is 2. The quantitative estimate of drug-likeness (QED) is 0.581. The lowest BCUT2D eigenvalue weighted by molar-refractivity contribution is 0.358. The number of nitrogens with zero attached hydrogens (tertiary/aromatic N) is 3. The summed E-state index contributed by atoms with van der Waals surface area (Å²) in [6.07, 6.45) is 1.53. The number of hydrogen-bond acceptors (Lipinski definition) is 4. The molecule has 0 saturated heterocycles. The van der Waals surface area contributed by atoms with Crippen molar-refractivity contribution in [2.75, 3.05) is 6.54 Å². The highest BCUT2D eigenvalue weighted by Gasteiger charge is 2.30. The number of rotatable bonds is 3. The molecule has 3 N–H and O–H groups in total. The highest BCUT2D eigenvalue weighted by atomic mass is 35.5. The maximum Gasteiger partial charge on any atom is 0.156 e. The number of aliphatic hydroxyl groups excluding tert-OH is 1. The summed E-state index contributed by atoms with van der Waals surface area (Å²) >= 11 is 12.0. The Kier molecular flexibility index (Phi) is 4.14. The minimum absolute atomic E-state index is 0.0356. The van der Waals surface area contributed by atoms with Gasteiger partial charge in [-0.25, -0.2) is 9.99 Å². The molecule has 4 rings (SSSR count). The van der Waals surface area contributed by atoms with Crippen LogP contribution in [0.1, 0.15) is 11.4 Å². The van der Waals surface area contributed by atoms with E-state index in [0.29, 0.717) is 27.0 Å². The standard InChI is InChI=1S/C18H13Cl2N5O/c19-11-6-5-10(12(20)7-11)8-22-25-9-15(26)16(17(25)21)18-23-13-3-1-2-4-14(13)24-18/h1-8,21,26H,9H2,(H,23,24). The number of H-pyrrole nitrogens is 1. The third-order valence-electron chi connectivity index (χ3n) is 4.01. The van der Waals surface area contributed by atoms with Gasteiger partial charge in [0.1, 0.15) is 23.7 Å². The molecule has 130 valence electrons. The number of aromatic nitrogens is 2. The number of benzene rings is 2. The van der Waals surface area contributed by atoms with Crippen LogP contribution < -0.4 is 0 Å². The van der Waals surface area contributed by atoms with Gasteiger partial charge in [0, 0.05) is 10.6 Å². The largest absolute Gasteiger partial charge is 0.509 e. The molecule has 3 aromatic rings. The van der Waals surface area contributed by atoms with Crippen molar-refractivity contribution in [3.8, 4) is 0 Å². The summed E-state index contributed by atoms with van der Waals surface area (Å²) in [5.74, 6) is 0.534. The van der Waals surface area contributed by atoms with Crippen molar-refractivity contribution in [3.63, 3.8) is 0 Å². The molecule has 0 bridgehead atoms. The fraction of sp³-hybridized carbons (Fsp3) is 0.0556. The van der Waals surface area contributed by atoms with E-state index < -0.39 is 0 Å². The van der Waals surface area contributed by atoms with E-state index >= 15 is 0 Å². The minimum Gasteiger partial charge on any atom is -0.509 e. The molecule has 0 unspecified atom stereocenters. The van der Waals surface area contributed by atoms with Crippen LogP contribution in [0.4, 0.5) is 0 Å². The smallest absolute Gasteiger partial charge is 0.156 e. The van der Waals surface area contributed by atoms with Gasteiger partial charge in [0.2, 0.25) is 0 Å². The molecule has 1 aliphatic rings. The van der Waals surface area contributed by atoms with Gasteiger partial charge in [-0.1, -0.05) is 41.4 Å². The van der Waals surface area contributed by atoms with Crippen molar-refractivity contribution in [2.45, 2.75) is 0 Å². The van der Waals surface area contributed by atoms with Crippen molar-refractivity contribution in [1.29, 1.82) is 5.41 Å². The highest BCUT2D eigenvalue weighted by Crippen LogP contribution is 2.27. The Bertz CT molecular complexity index is 1050. The third kappa shape index (κ3) is 2.94. The predicted octanol–water partition coefficient (Wildman–Crippen LogP) is 4.47. The Hall–Kier alpha value is -2.83. The van der Waals surface area contributed by atoms with Gasteiger partial charge in [-0.05, 0) is 24.3 Å². The molecule has 6 nitrogen and oxygen atoms in total. The minimum atomic E-state index is 0.0356. The van der Waals surface area contributed by atoms with Gasteiger partial charge in [0.15, 0.2) is 5.84 Å². The molecular formula is C18H13Cl2N5O. The summed E-state index contributed by atoms with van der Waals surface area (Å²) in [7, 11) is 0. The van der Waals surface area contributed by atoms with Crippen LogP contribution in [0.15, 0.2) is 53.3 Å². The van der Waals surface area contributed by atoms with Gasteiger partial charge in [-0.3, -0.25) is 5.41 Å². The second kappa shape index (κ2) is 6.48. The van der Waals surface area contributed by atoms with Crippen molar-refractivity contribution in [1.82, 2.24) is 15.0 Å². The monoisotopic (exact) mass is 385 g/mol. The molecule has 8 heteroatoms. The van der Waals surface area contributed by atoms with Crippen LogP contribution in [-0.4, -0.2) is 38.7 Å². The number of aliphatic hydroxyl groups is 1. The molecular weight excluding hydrogens is 373 g/mol. The first-order valence-electron chi connectivity index (χ1n) is 7.75. The zero-order valence-electron chi connectivity index (χ0n) is 13.4. The van der Waals surface area contributed by atoms with Crippen LogP contribution in [0.3, 0.4) is 0 Å². The molecule has 0 spiro atoms. The maximum absolute atomic E-state index is 10.3. The number of fused-ring (bicyclic) bond motifs is 1. The number of hydrogen-bond donors (Lipinski definition) is 3. The molecule has 2 heterocycles. The number of aromatic amines is 1. The fourth-order valence-electron chi connectivity index (χ4n) is 2.72. The lowest BCUT2D eigenvalue weighted by atomic mass is 10.2. The van der Waals surface area contributed by atoms with Crippen molar-refractivity contribution in [2.24, 2.45) is 5.10 Å². The van der Waals surface area contributed by atoms with Crippen LogP contribution in [0.25, 0.3) is 16.6 Å². The van der Waals surface area contributed by atoms with Crippen LogP contribution in [0, 0.1) is 5.41 Å². The second-order valence-electron chi connectivity index (χ2n) is 5.74. The van der Waals surface area contributed by atoms with E-state index in [0.717, 1.165) is 11.0 Å². The predicted molar refractivity (Wildman–Crippen MR) is 104 cm³/mol.